The van der Waals surface area contributed by atoms with Gasteiger partial charge in [-0.1, -0.05) is 47.5 Å². The fraction of sp³-hybridized carbons (Fsp3) is 0.235. The first-order valence-electron chi connectivity index (χ1n) is 7.08. The zero-order chi connectivity index (χ0) is 15.5. The van der Waals surface area contributed by atoms with Crippen LogP contribution in [0.15, 0.2) is 47.4 Å². The van der Waals surface area contributed by atoms with Gasteiger partial charge in [0.15, 0.2) is 0 Å². The third kappa shape index (κ3) is 3.60. The molecule has 0 radical (unpaired) electrons. The van der Waals surface area contributed by atoms with E-state index in [0.717, 1.165) is 17.7 Å². The lowest BCUT2D eigenvalue weighted by Crippen LogP contribution is -2.31. The first kappa shape index (κ1) is 15.7. The summed E-state index contributed by atoms with van der Waals surface area (Å²) < 4.78 is 0. The summed E-state index contributed by atoms with van der Waals surface area (Å²) in [7, 11) is 0. The maximum Gasteiger partial charge on any atom is 0.224 e. The number of nitrogens with one attached hydrogen (secondary N) is 1. The van der Waals surface area contributed by atoms with Crippen molar-refractivity contribution in [3.8, 4) is 0 Å². The van der Waals surface area contributed by atoms with Crippen LogP contribution in [-0.2, 0) is 11.2 Å². The van der Waals surface area contributed by atoms with Gasteiger partial charge in [-0.05, 0) is 35.7 Å². The Bertz CT molecular complexity index is 705. The highest BCUT2D eigenvalue weighted by molar-refractivity contribution is 7.99. The van der Waals surface area contributed by atoms with E-state index >= 15 is 0 Å². The summed E-state index contributed by atoms with van der Waals surface area (Å²) in [6.07, 6.45) is 1.21. The van der Waals surface area contributed by atoms with E-state index in [0.29, 0.717) is 10.0 Å². The second-order valence-corrected chi connectivity index (χ2v) is 7.19. The van der Waals surface area contributed by atoms with Gasteiger partial charge < -0.3 is 5.32 Å². The Morgan fingerprint density at radius 3 is 2.86 bits per heavy atom. The summed E-state index contributed by atoms with van der Waals surface area (Å²) in [5, 5.41) is 4.23. The lowest BCUT2D eigenvalue weighted by Gasteiger charge is -2.26. The van der Waals surface area contributed by atoms with Gasteiger partial charge in [-0.25, -0.2) is 0 Å². The molecule has 0 aromatic heterocycles. The van der Waals surface area contributed by atoms with Crippen LogP contribution < -0.4 is 5.32 Å². The summed E-state index contributed by atoms with van der Waals surface area (Å²) in [4.78, 5) is 13.6. The molecule has 5 heteroatoms. The zero-order valence-electron chi connectivity index (χ0n) is 11.8. The van der Waals surface area contributed by atoms with Crippen molar-refractivity contribution in [1.29, 1.82) is 0 Å². The molecule has 0 fully saturated rings. The molecule has 114 valence electrons. The van der Waals surface area contributed by atoms with Crippen LogP contribution in [0, 0.1) is 0 Å². The maximum absolute atomic E-state index is 12.3. The molecule has 2 aromatic rings. The topological polar surface area (TPSA) is 29.1 Å². The standard InChI is InChI=1S/C17H15Cl2NOS/c18-12-6-5-11(14(19)10-12)9-17(21)20-15-7-8-22-16-4-2-1-3-13(15)16/h1-6,10,15H,7-9H2,(H,20,21). The summed E-state index contributed by atoms with van der Waals surface area (Å²) in [6.45, 7) is 0. The van der Waals surface area contributed by atoms with Crippen molar-refractivity contribution >= 4 is 40.9 Å². The minimum atomic E-state index is -0.0177. The quantitative estimate of drug-likeness (QED) is 0.852. The molecule has 0 saturated carbocycles. The molecule has 1 N–H and O–H groups in total. The maximum atomic E-state index is 12.3. The average Bonchev–Trinajstić information content (AvgIpc) is 2.50. The molecule has 1 amide bonds. The molecule has 1 heterocycles. The number of hydrogen-bond acceptors (Lipinski definition) is 2. The number of hydrogen-bond donors (Lipinski definition) is 1. The number of rotatable bonds is 3. The summed E-state index contributed by atoms with van der Waals surface area (Å²) >= 11 is 13.8. The SMILES string of the molecule is O=C(Cc1ccc(Cl)cc1Cl)NC1CCSc2ccccc21. The zero-order valence-corrected chi connectivity index (χ0v) is 14.1. The Balaban J connectivity index is 1.70. The Morgan fingerprint density at radius 2 is 2.05 bits per heavy atom. The van der Waals surface area contributed by atoms with Crippen LogP contribution in [0.1, 0.15) is 23.6 Å². The van der Waals surface area contributed by atoms with Gasteiger partial charge in [-0.15, -0.1) is 11.8 Å². The highest BCUT2D eigenvalue weighted by Gasteiger charge is 2.22. The minimum absolute atomic E-state index is 0.0177. The molecule has 1 aliphatic rings. The summed E-state index contributed by atoms with van der Waals surface area (Å²) in [5.41, 5.74) is 2.00. The molecule has 3 rings (SSSR count). The number of carbonyl (C=O) groups excluding carboxylic acids is 1. The normalized spacial score (nSPS) is 16.9. The summed E-state index contributed by atoms with van der Waals surface area (Å²) in [5.74, 6) is 1.000. The van der Waals surface area contributed by atoms with E-state index in [4.69, 9.17) is 23.2 Å². The predicted octanol–water partition coefficient (Wildman–Crippen LogP) is 4.89. The van der Waals surface area contributed by atoms with Crippen LogP contribution in [0.2, 0.25) is 10.0 Å². The number of carbonyl (C=O) groups is 1. The molecule has 0 aliphatic carbocycles. The smallest absolute Gasteiger partial charge is 0.224 e. The molecule has 2 aromatic carbocycles. The van der Waals surface area contributed by atoms with Crippen LogP contribution in [-0.4, -0.2) is 11.7 Å². The van der Waals surface area contributed by atoms with Gasteiger partial charge in [0.25, 0.3) is 0 Å². The molecular formula is C17H15Cl2NOS. The third-order valence-electron chi connectivity index (χ3n) is 3.66. The van der Waals surface area contributed by atoms with E-state index in [1.54, 1.807) is 18.2 Å². The predicted molar refractivity (Wildman–Crippen MR) is 92.8 cm³/mol. The van der Waals surface area contributed by atoms with Crippen molar-refractivity contribution in [3.63, 3.8) is 0 Å². The number of thioether (sulfide) groups is 1. The first-order chi connectivity index (χ1) is 10.6. The number of fused-ring (bicyclic) bond motifs is 1. The number of benzene rings is 2. The van der Waals surface area contributed by atoms with E-state index in [-0.39, 0.29) is 18.4 Å². The van der Waals surface area contributed by atoms with E-state index in [9.17, 15) is 4.79 Å². The Hall–Kier alpha value is -1.16. The van der Waals surface area contributed by atoms with Crippen molar-refractivity contribution in [3.05, 3.63) is 63.6 Å². The molecule has 1 unspecified atom stereocenters. The third-order valence-corrected chi connectivity index (χ3v) is 5.37. The number of halogens is 2. The Kier molecular flexibility index (Phi) is 4.97. The van der Waals surface area contributed by atoms with E-state index in [2.05, 4.69) is 17.4 Å². The van der Waals surface area contributed by atoms with Gasteiger partial charge in [-0.3, -0.25) is 4.79 Å². The molecule has 2 nitrogen and oxygen atoms in total. The van der Waals surface area contributed by atoms with Crippen LogP contribution >= 0.6 is 35.0 Å². The van der Waals surface area contributed by atoms with Crippen molar-refractivity contribution in [1.82, 2.24) is 5.32 Å². The Labute approximate surface area is 144 Å². The van der Waals surface area contributed by atoms with Crippen LogP contribution in [0.4, 0.5) is 0 Å². The molecule has 0 spiro atoms. The van der Waals surface area contributed by atoms with E-state index in [1.165, 1.54) is 10.5 Å². The number of amides is 1. The minimum Gasteiger partial charge on any atom is -0.349 e. The second kappa shape index (κ2) is 6.95. The molecular weight excluding hydrogens is 337 g/mol. The van der Waals surface area contributed by atoms with Gasteiger partial charge in [0.05, 0.1) is 12.5 Å². The monoisotopic (exact) mass is 351 g/mol. The molecule has 1 aliphatic heterocycles. The molecule has 22 heavy (non-hydrogen) atoms. The van der Waals surface area contributed by atoms with E-state index < -0.39 is 0 Å². The summed E-state index contributed by atoms with van der Waals surface area (Å²) in [6, 6.07) is 13.5. The van der Waals surface area contributed by atoms with Gasteiger partial charge in [0.1, 0.15) is 0 Å². The lowest BCUT2D eigenvalue weighted by atomic mass is 10.0. The average molecular weight is 352 g/mol. The highest BCUT2D eigenvalue weighted by atomic mass is 35.5. The fourth-order valence-electron chi connectivity index (χ4n) is 2.58. The lowest BCUT2D eigenvalue weighted by molar-refractivity contribution is -0.121. The first-order valence-corrected chi connectivity index (χ1v) is 8.82. The van der Waals surface area contributed by atoms with Crippen molar-refractivity contribution in [2.24, 2.45) is 0 Å². The van der Waals surface area contributed by atoms with Crippen molar-refractivity contribution < 1.29 is 4.79 Å². The van der Waals surface area contributed by atoms with Gasteiger partial charge >= 0.3 is 0 Å². The van der Waals surface area contributed by atoms with Crippen LogP contribution in [0.5, 0.6) is 0 Å². The van der Waals surface area contributed by atoms with Crippen LogP contribution in [0.3, 0.4) is 0 Å². The van der Waals surface area contributed by atoms with Gasteiger partial charge in [0, 0.05) is 20.7 Å². The molecule has 0 bridgehead atoms. The molecule has 0 saturated heterocycles. The highest BCUT2D eigenvalue weighted by Crippen LogP contribution is 2.35. The van der Waals surface area contributed by atoms with Gasteiger partial charge in [0.2, 0.25) is 5.91 Å². The van der Waals surface area contributed by atoms with Crippen molar-refractivity contribution in [2.75, 3.05) is 5.75 Å². The van der Waals surface area contributed by atoms with E-state index in [1.807, 2.05) is 23.9 Å². The fourth-order valence-corrected chi connectivity index (χ4v) is 4.18. The largest absolute Gasteiger partial charge is 0.349 e. The van der Waals surface area contributed by atoms with Gasteiger partial charge in [-0.2, -0.15) is 0 Å². The van der Waals surface area contributed by atoms with Crippen molar-refractivity contribution in [2.45, 2.75) is 23.8 Å². The van der Waals surface area contributed by atoms with Crippen LogP contribution in [0.25, 0.3) is 0 Å². The Morgan fingerprint density at radius 1 is 1.23 bits per heavy atom. The second-order valence-electron chi connectivity index (χ2n) is 5.21. The molecule has 1 atom stereocenters.